The van der Waals surface area contributed by atoms with Gasteiger partial charge in [0, 0.05) is 30.0 Å². The van der Waals surface area contributed by atoms with Crippen LogP contribution in [0.1, 0.15) is 33.0 Å². The van der Waals surface area contributed by atoms with Crippen molar-refractivity contribution >= 4 is 34.8 Å². The maximum Gasteiger partial charge on any atom is 0.345 e. The lowest BCUT2D eigenvalue weighted by molar-refractivity contribution is -0.121. The Morgan fingerprint density at radius 2 is 1.96 bits per heavy atom. The van der Waals surface area contributed by atoms with E-state index < -0.39 is 5.97 Å². The molecular weight excluding hydrogens is 340 g/mol. The first-order valence-corrected chi connectivity index (χ1v) is 8.83. The van der Waals surface area contributed by atoms with Crippen molar-refractivity contribution in [1.29, 1.82) is 0 Å². The summed E-state index contributed by atoms with van der Waals surface area (Å²) in [7, 11) is 0. The first-order valence-electron chi connectivity index (χ1n) is 8.01. The third kappa shape index (κ3) is 4.06. The van der Waals surface area contributed by atoms with Crippen LogP contribution in [-0.4, -0.2) is 29.4 Å². The van der Waals surface area contributed by atoms with Crippen molar-refractivity contribution in [2.24, 2.45) is 0 Å². The van der Waals surface area contributed by atoms with Gasteiger partial charge in [-0.3, -0.25) is 9.59 Å². The first kappa shape index (κ1) is 17.2. The highest BCUT2D eigenvalue weighted by atomic mass is 32.1. The van der Waals surface area contributed by atoms with Gasteiger partial charge in [0.05, 0.1) is 6.54 Å². The number of anilines is 1. The number of carboxylic acids is 1. The van der Waals surface area contributed by atoms with E-state index in [1.165, 1.54) is 6.07 Å². The smallest absolute Gasteiger partial charge is 0.345 e. The molecule has 0 bridgehead atoms. The Morgan fingerprint density at radius 1 is 1.16 bits per heavy atom. The van der Waals surface area contributed by atoms with Gasteiger partial charge in [-0.2, -0.15) is 0 Å². The van der Waals surface area contributed by atoms with Crippen LogP contribution in [0, 0.1) is 0 Å². The molecule has 2 N–H and O–H groups in total. The number of nitrogens with zero attached hydrogens (tertiary/aromatic N) is 1. The van der Waals surface area contributed by atoms with Crippen molar-refractivity contribution in [2.45, 2.75) is 25.8 Å². The lowest BCUT2D eigenvalue weighted by atomic mass is 10.0. The molecule has 1 aliphatic heterocycles. The minimum Gasteiger partial charge on any atom is -0.477 e. The first-order chi connectivity index (χ1) is 12.0. The van der Waals surface area contributed by atoms with Crippen molar-refractivity contribution in [2.75, 3.05) is 11.4 Å². The van der Waals surface area contributed by atoms with E-state index in [1.54, 1.807) is 11.0 Å². The van der Waals surface area contributed by atoms with Crippen LogP contribution >= 0.6 is 11.3 Å². The molecule has 0 aliphatic carbocycles. The molecule has 2 aromatic rings. The Balaban J connectivity index is 1.53. The van der Waals surface area contributed by atoms with Gasteiger partial charge < -0.3 is 15.3 Å². The van der Waals surface area contributed by atoms with Gasteiger partial charge in [-0.1, -0.05) is 18.2 Å². The number of rotatable bonds is 6. The topological polar surface area (TPSA) is 86.7 Å². The third-order valence-electron chi connectivity index (χ3n) is 4.09. The van der Waals surface area contributed by atoms with Crippen molar-refractivity contribution in [3.05, 3.63) is 51.7 Å². The number of benzene rings is 1. The number of fused-ring (bicyclic) bond motifs is 1. The molecule has 1 aromatic carbocycles. The molecule has 1 aromatic heterocycles. The predicted molar refractivity (Wildman–Crippen MR) is 94.9 cm³/mol. The maximum atomic E-state index is 12.2. The molecule has 0 saturated carbocycles. The lowest BCUT2D eigenvalue weighted by Gasteiger charge is -2.29. The summed E-state index contributed by atoms with van der Waals surface area (Å²) in [4.78, 5) is 37.8. The van der Waals surface area contributed by atoms with Gasteiger partial charge in [0.2, 0.25) is 11.8 Å². The second kappa shape index (κ2) is 7.48. The number of hydrogen-bond acceptors (Lipinski definition) is 4. The van der Waals surface area contributed by atoms with Gasteiger partial charge in [-0.25, -0.2) is 4.79 Å². The fourth-order valence-electron chi connectivity index (χ4n) is 2.82. The highest BCUT2D eigenvalue weighted by Gasteiger charge is 2.23. The molecule has 0 radical (unpaired) electrons. The van der Waals surface area contributed by atoms with E-state index in [4.69, 9.17) is 5.11 Å². The van der Waals surface area contributed by atoms with E-state index >= 15 is 0 Å². The molecular formula is C18H18N2O4S. The number of aromatic carboxylic acids is 1. The Bertz CT molecular complexity index is 815. The van der Waals surface area contributed by atoms with Crippen LogP contribution in [0.2, 0.25) is 0 Å². The minimum atomic E-state index is -0.968. The molecule has 130 valence electrons. The summed E-state index contributed by atoms with van der Waals surface area (Å²) in [5.74, 6) is -1.10. The number of carbonyl (C=O) groups excluding carboxylic acids is 2. The highest BCUT2D eigenvalue weighted by Crippen LogP contribution is 2.27. The zero-order valence-corrected chi connectivity index (χ0v) is 14.3. The number of carbonyl (C=O) groups is 3. The van der Waals surface area contributed by atoms with E-state index in [9.17, 15) is 14.4 Å². The maximum absolute atomic E-state index is 12.2. The second-order valence-electron chi connectivity index (χ2n) is 5.77. The summed E-state index contributed by atoms with van der Waals surface area (Å²) >= 11 is 1.14. The van der Waals surface area contributed by atoms with Crippen molar-refractivity contribution in [3.63, 3.8) is 0 Å². The van der Waals surface area contributed by atoms with Gasteiger partial charge in [0.15, 0.2) is 0 Å². The van der Waals surface area contributed by atoms with Gasteiger partial charge in [0.1, 0.15) is 4.88 Å². The summed E-state index contributed by atoms with van der Waals surface area (Å²) < 4.78 is 0. The molecule has 0 fully saturated rings. The van der Waals surface area contributed by atoms with Crippen LogP contribution in [0.5, 0.6) is 0 Å². The third-order valence-corrected chi connectivity index (χ3v) is 5.16. The molecule has 6 nitrogen and oxygen atoms in total. The van der Waals surface area contributed by atoms with E-state index in [-0.39, 0.29) is 23.1 Å². The zero-order chi connectivity index (χ0) is 17.8. The molecule has 2 amide bonds. The highest BCUT2D eigenvalue weighted by molar-refractivity contribution is 7.13. The Morgan fingerprint density at radius 3 is 2.72 bits per heavy atom. The van der Waals surface area contributed by atoms with Crippen molar-refractivity contribution in [3.8, 4) is 0 Å². The fraction of sp³-hybridized carbons (Fsp3) is 0.278. The van der Waals surface area contributed by atoms with E-state index in [0.29, 0.717) is 19.5 Å². The van der Waals surface area contributed by atoms with E-state index in [0.717, 1.165) is 33.9 Å². The van der Waals surface area contributed by atoms with Crippen LogP contribution in [-0.2, 0) is 22.6 Å². The number of para-hydroxylation sites is 1. The van der Waals surface area contributed by atoms with Gasteiger partial charge in [-0.05, 0) is 30.2 Å². The molecule has 0 spiro atoms. The standard InChI is InChI=1S/C18H18N2O4S/c21-16(19-11-13-6-7-15(25-13)18(23)24)9-10-20-14-4-2-1-3-12(14)5-8-17(20)22/h1-4,6-7H,5,8-11H2,(H,19,21)(H,23,24). The predicted octanol–water partition coefficient (Wildman–Crippen LogP) is 2.43. The molecule has 7 heteroatoms. The number of carboxylic acid groups (broad SMARTS) is 1. The number of thiophene rings is 1. The Kier molecular flexibility index (Phi) is 5.14. The quantitative estimate of drug-likeness (QED) is 0.830. The van der Waals surface area contributed by atoms with Gasteiger partial charge in [-0.15, -0.1) is 11.3 Å². The van der Waals surface area contributed by atoms with Crippen LogP contribution in [0.25, 0.3) is 0 Å². The van der Waals surface area contributed by atoms with E-state index in [1.807, 2.05) is 24.3 Å². The summed E-state index contributed by atoms with van der Waals surface area (Å²) in [6.07, 6.45) is 1.41. The molecule has 2 heterocycles. The van der Waals surface area contributed by atoms with Crippen LogP contribution in [0.15, 0.2) is 36.4 Å². The largest absolute Gasteiger partial charge is 0.477 e. The summed E-state index contributed by atoms with van der Waals surface area (Å²) in [5, 5.41) is 11.7. The van der Waals surface area contributed by atoms with Crippen molar-refractivity contribution in [1.82, 2.24) is 5.32 Å². The molecule has 25 heavy (non-hydrogen) atoms. The second-order valence-corrected chi connectivity index (χ2v) is 6.94. The van der Waals surface area contributed by atoms with Crippen molar-refractivity contribution < 1.29 is 19.5 Å². The SMILES string of the molecule is O=C(CCN1C(=O)CCc2ccccc21)NCc1ccc(C(=O)O)s1. The van der Waals surface area contributed by atoms with Gasteiger partial charge in [0.25, 0.3) is 0 Å². The zero-order valence-electron chi connectivity index (χ0n) is 13.5. The number of aryl methyl sites for hydroxylation is 1. The minimum absolute atomic E-state index is 0.0378. The molecule has 0 unspecified atom stereocenters. The van der Waals surface area contributed by atoms with Gasteiger partial charge >= 0.3 is 5.97 Å². The van der Waals surface area contributed by atoms with Crippen LogP contribution < -0.4 is 10.2 Å². The van der Waals surface area contributed by atoms with E-state index in [2.05, 4.69) is 5.32 Å². The average Bonchev–Trinajstić information content (AvgIpc) is 3.08. The molecule has 0 atom stereocenters. The number of nitrogens with one attached hydrogen (secondary N) is 1. The molecule has 3 rings (SSSR count). The fourth-order valence-corrected chi connectivity index (χ4v) is 3.60. The average molecular weight is 358 g/mol. The lowest BCUT2D eigenvalue weighted by Crippen LogP contribution is -2.38. The molecule has 1 aliphatic rings. The van der Waals surface area contributed by atoms with Crippen LogP contribution in [0.4, 0.5) is 5.69 Å². The monoisotopic (exact) mass is 358 g/mol. The Hall–Kier alpha value is -2.67. The normalized spacial score (nSPS) is 13.4. The summed E-state index contributed by atoms with van der Waals surface area (Å²) in [6, 6.07) is 11.0. The summed E-state index contributed by atoms with van der Waals surface area (Å²) in [5.41, 5.74) is 2.01. The number of hydrogen-bond donors (Lipinski definition) is 2. The molecule has 0 saturated heterocycles. The summed E-state index contributed by atoms with van der Waals surface area (Å²) in [6.45, 7) is 0.633. The number of amides is 2. The Labute approximate surface area is 149 Å². The van der Waals surface area contributed by atoms with Crippen LogP contribution in [0.3, 0.4) is 0 Å².